The van der Waals surface area contributed by atoms with Crippen LogP contribution >= 0.6 is 0 Å². The van der Waals surface area contributed by atoms with E-state index in [2.05, 4.69) is 4.90 Å². The van der Waals surface area contributed by atoms with Gasteiger partial charge in [0.15, 0.2) is 6.10 Å². The summed E-state index contributed by atoms with van der Waals surface area (Å²) in [5, 5.41) is 9.13. The molecule has 2 aliphatic rings. The van der Waals surface area contributed by atoms with Gasteiger partial charge < -0.3 is 14.6 Å². The third-order valence-corrected chi connectivity index (χ3v) is 3.94. The summed E-state index contributed by atoms with van der Waals surface area (Å²) < 4.78 is 10.4. The molecule has 98 valence electrons. The summed E-state index contributed by atoms with van der Waals surface area (Å²) >= 11 is 0. The van der Waals surface area contributed by atoms with Crippen LogP contribution in [-0.4, -0.2) is 62.0 Å². The summed E-state index contributed by atoms with van der Waals surface area (Å²) in [5.74, 6) is -0.827. The Bertz CT molecular complexity index is 272. The van der Waals surface area contributed by atoms with Crippen LogP contribution in [0.1, 0.15) is 19.3 Å². The third-order valence-electron chi connectivity index (χ3n) is 3.94. The molecular formula is C12H21NO4. The maximum Gasteiger partial charge on any atom is 0.333 e. The first kappa shape index (κ1) is 12.8. The molecule has 0 amide bonds. The molecule has 1 aliphatic heterocycles. The number of morpholine rings is 1. The highest BCUT2D eigenvalue weighted by molar-refractivity contribution is 5.74. The summed E-state index contributed by atoms with van der Waals surface area (Å²) in [6.45, 7) is 4.46. The van der Waals surface area contributed by atoms with Crippen LogP contribution < -0.4 is 0 Å². The zero-order valence-corrected chi connectivity index (χ0v) is 10.4. The minimum atomic E-state index is -0.827. The lowest BCUT2D eigenvalue weighted by atomic mass is 9.94. The Hall–Kier alpha value is -0.650. The van der Waals surface area contributed by atoms with E-state index in [1.54, 1.807) is 0 Å². The van der Waals surface area contributed by atoms with Gasteiger partial charge >= 0.3 is 5.97 Å². The van der Waals surface area contributed by atoms with E-state index in [4.69, 9.17) is 14.6 Å². The topological polar surface area (TPSA) is 59.0 Å². The number of aliphatic carboxylic acids is 1. The Labute approximate surface area is 102 Å². The molecule has 2 rings (SSSR count). The lowest BCUT2D eigenvalue weighted by molar-refractivity contribution is -0.153. The quantitative estimate of drug-likeness (QED) is 0.740. The van der Waals surface area contributed by atoms with Crippen molar-refractivity contribution in [3.63, 3.8) is 0 Å². The molecule has 17 heavy (non-hydrogen) atoms. The van der Waals surface area contributed by atoms with Gasteiger partial charge in [-0.25, -0.2) is 4.79 Å². The van der Waals surface area contributed by atoms with Crippen LogP contribution in [-0.2, 0) is 14.3 Å². The smallest absolute Gasteiger partial charge is 0.333 e. The number of hydrogen-bond donors (Lipinski definition) is 1. The van der Waals surface area contributed by atoms with Crippen LogP contribution in [0.4, 0.5) is 0 Å². The van der Waals surface area contributed by atoms with Crippen molar-refractivity contribution in [3.8, 4) is 0 Å². The minimum absolute atomic E-state index is 0.112. The average Bonchev–Trinajstić information content (AvgIpc) is 3.09. The van der Waals surface area contributed by atoms with E-state index in [1.165, 1.54) is 7.11 Å². The number of rotatable bonds is 6. The van der Waals surface area contributed by atoms with E-state index in [9.17, 15) is 4.79 Å². The monoisotopic (exact) mass is 243 g/mol. The largest absolute Gasteiger partial charge is 0.479 e. The van der Waals surface area contributed by atoms with Crippen molar-refractivity contribution in [2.75, 3.05) is 40.0 Å². The van der Waals surface area contributed by atoms with Crippen molar-refractivity contribution in [3.05, 3.63) is 0 Å². The average molecular weight is 243 g/mol. The van der Waals surface area contributed by atoms with Crippen molar-refractivity contribution in [1.82, 2.24) is 4.90 Å². The maximum absolute atomic E-state index is 11.1. The number of methoxy groups -OCH3 is 1. The predicted octanol–water partition coefficient (Wildman–Crippen LogP) is 0.589. The van der Waals surface area contributed by atoms with E-state index in [0.29, 0.717) is 0 Å². The standard InChI is InChI=1S/C12H21NO4/c1-16-10(11(14)15)12(2-3-12)4-5-13-6-8-17-9-7-13/h10H,2-9H2,1H3,(H,14,15). The van der Waals surface area contributed by atoms with Gasteiger partial charge in [-0.05, 0) is 25.8 Å². The van der Waals surface area contributed by atoms with Crippen LogP contribution in [0.15, 0.2) is 0 Å². The van der Waals surface area contributed by atoms with Gasteiger partial charge in [-0.15, -0.1) is 0 Å². The summed E-state index contributed by atoms with van der Waals surface area (Å²) in [5.41, 5.74) is -0.112. The Kier molecular flexibility index (Phi) is 4.01. The molecule has 1 saturated carbocycles. The van der Waals surface area contributed by atoms with Gasteiger partial charge in [-0.2, -0.15) is 0 Å². The second kappa shape index (κ2) is 5.33. The molecule has 0 aromatic rings. The van der Waals surface area contributed by atoms with Crippen molar-refractivity contribution in [1.29, 1.82) is 0 Å². The molecule has 2 fully saturated rings. The van der Waals surface area contributed by atoms with Gasteiger partial charge in [0.25, 0.3) is 0 Å². The fourth-order valence-electron chi connectivity index (χ4n) is 2.62. The molecule has 1 atom stereocenters. The van der Waals surface area contributed by atoms with Gasteiger partial charge in [-0.1, -0.05) is 0 Å². The molecule has 1 N–H and O–H groups in total. The zero-order chi connectivity index (χ0) is 12.3. The molecule has 5 heteroatoms. The first-order chi connectivity index (χ1) is 8.18. The predicted molar refractivity (Wildman–Crippen MR) is 62.0 cm³/mol. The lowest BCUT2D eigenvalue weighted by Gasteiger charge is -2.29. The molecule has 0 aromatic heterocycles. The van der Waals surface area contributed by atoms with Crippen LogP contribution in [0.2, 0.25) is 0 Å². The summed E-state index contributed by atoms with van der Waals surface area (Å²) in [4.78, 5) is 13.5. The van der Waals surface area contributed by atoms with E-state index in [1.807, 2.05) is 0 Å². The zero-order valence-electron chi connectivity index (χ0n) is 10.4. The SMILES string of the molecule is COC(C(=O)O)C1(CCN2CCOCC2)CC1. The molecule has 5 nitrogen and oxygen atoms in total. The van der Waals surface area contributed by atoms with Gasteiger partial charge in [0.2, 0.25) is 0 Å². The number of carboxylic acid groups (broad SMARTS) is 1. The van der Waals surface area contributed by atoms with Crippen molar-refractivity contribution in [2.24, 2.45) is 5.41 Å². The Morgan fingerprint density at radius 2 is 2.12 bits per heavy atom. The number of hydrogen-bond acceptors (Lipinski definition) is 4. The van der Waals surface area contributed by atoms with E-state index in [-0.39, 0.29) is 5.41 Å². The fourth-order valence-corrected chi connectivity index (χ4v) is 2.62. The highest BCUT2D eigenvalue weighted by Gasteiger charge is 2.52. The molecule has 0 spiro atoms. The highest BCUT2D eigenvalue weighted by Crippen LogP contribution is 2.52. The Morgan fingerprint density at radius 1 is 1.47 bits per heavy atom. The Balaban J connectivity index is 1.82. The van der Waals surface area contributed by atoms with Crippen LogP contribution in [0.3, 0.4) is 0 Å². The molecule has 0 bridgehead atoms. The number of nitrogens with zero attached hydrogens (tertiary/aromatic N) is 1. The third kappa shape index (κ3) is 2.97. The minimum Gasteiger partial charge on any atom is -0.479 e. The van der Waals surface area contributed by atoms with Crippen LogP contribution in [0.5, 0.6) is 0 Å². The highest BCUT2D eigenvalue weighted by atomic mass is 16.5. The summed E-state index contributed by atoms with van der Waals surface area (Å²) in [7, 11) is 1.49. The van der Waals surface area contributed by atoms with Gasteiger partial charge in [0.05, 0.1) is 13.2 Å². The van der Waals surface area contributed by atoms with Gasteiger partial charge in [0.1, 0.15) is 0 Å². The van der Waals surface area contributed by atoms with Crippen molar-refractivity contribution in [2.45, 2.75) is 25.4 Å². The second-order valence-corrected chi connectivity index (χ2v) is 5.02. The summed E-state index contributed by atoms with van der Waals surface area (Å²) in [6.07, 6.45) is 2.23. The lowest BCUT2D eigenvalue weighted by Crippen LogP contribution is -2.40. The fraction of sp³-hybridized carbons (Fsp3) is 0.917. The molecule has 1 saturated heterocycles. The van der Waals surface area contributed by atoms with Gasteiger partial charge in [0, 0.05) is 25.6 Å². The maximum atomic E-state index is 11.1. The van der Waals surface area contributed by atoms with E-state index in [0.717, 1.165) is 52.1 Å². The second-order valence-electron chi connectivity index (χ2n) is 5.02. The molecule has 1 aliphatic carbocycles. The Morgan fingerprint density at radius 3 is 2.59 bits per heavy atom. The van der Waals surface area contributed by atoms with Crippen molar-refractivity contribution >= 4 is 5.97 Å². The van der Waals surface area contributed by atoms with E-state index >= 15 is 0 Å². The van der Waals surface area contributed by atoms with E-state index < -0.39 is 12.1 Å². The number of carboxylic acids is 1. The van der Waals surface area contributed by atoms with Gasteiger partial charge in [-0.3, -0.25) is 4.90 Å². The van der Waals surface area contributed by atoms with Crippen LogP contribution in [0.25, 0.3) is 0 Å². The molecular weight excluding hydrogens is 222 g/mol. The molecule has 0 aromatic carbocycles. The van der Waals surface area contributed by atoms with Crippen molar-refractivity contribution < 1.29 is 19.4 Å². The molecule has 1 heterocycles. The first-order valence-electron chi connectivity index (χ1n) is 6.24. The molecule has 0 radical (unpaired) electrons. The number of ether oxygens (including phenoxy) is 2. The summed E-state index contributed by atoms with van der Waals surface area (Å²) in [6, 6.07) is 0. The first-order valence-corrected chi connectivity index (χ1v) is 6.24. The number of carbonyl (C=O) groups is 1. The molecule has 1 unspecified atom stereocenters. The van der Waals surface area contributed by atoms with Crippen LogP contribution in [0, 0.1) is 5.41 Å². The normalized spacial score (nSPS) is 25.5.